The first-order valence-corrected chi connectivity index (χ1v) is 7.88. The van der Waals surface area contributed by atoms with Gasteiger partial charge in [-0.05, 0) is 36.4 Å². The molecule has 0 atom stereocenters. The van der Waals surface area contributed by atoms with E-state index < -0.39 is 0 Å². The van der Waals surface area contributed by atoms with E-state index in [1.165, 1.54) is 0 Å². The van der Waals surface area contributed by atoms with Crippen molar-refractivity contribution in [3.63, 3.8) is 0 Å². The van der Waals surface area contributed by atoms with Crippen LogP contribution in [0.25, 0.3) is 11.0 Å². The van der Waals surface area contributed by atoms with E-state index in [-0.39, 0.29) is 11.7 Å². The van der Waals surface area contributed by atoms with Gasteiger partial charge in [0.2, 0.25) is 0 Å². The number of hydrogen-bond acceptors (Lipinski definition) is 4. The first kappa shape index (κ1) is 14.1. The van der Waals surface area contributed by atoms with Gasteiger partial charge in [0.05, 0.1) is 0 Å². The number of ether oxygens (including phenoxy) is 2. The van der Waals surface area contributed by atoms with Crippen LogP contribution in [0, 0.1) is 0 Å². The average Bonchev–Trinajstić information content (AvgIpc) is 2.98. The van der Waals surface area contributed by atoms with Gasteiger partial charge in [-0.1, -0.05) is 15.9 Å². The Labute approximate surface area is 140 Å². The largest absolute Gasteiger partial charge is 0.486 e. The Morgan fingerprint density at radius 2 is 1.83 bits per heavy atom. The fourth-order valence-electron chi connectivity index (χ4n) is 2.43. The predicted molar refractivity (Wildman–Crippen MR) is 89.3 cm³/mol. The third-order valence-electron chi connectivity index (χ3n) is 3.51. The summed E-state index contributed by atoms with van der Waals surface area (Å²) in [6, 6.07) is 12.6. The fourth-order valence-corrected chi connectivity index (χ4v) is 2.77. The highest BCUT2D eigenvalue weighted by molar-refractivity contribution is 9.10. The molecule has 5 nitrogen and oxygen atoms in total. The summed E-state index contributed by atoms with van der Waals surface area (Å²) in [5.74, 6) is 1.26. The zero-order valence-electron chi connectivity index (χ0n) is 12.0. The van der Waals surface area contributed by atoms with E-state index in [0.717, 1.165) is 9.86 Å². The molecular weight excluding hydrogens is 362 g/mol. The van der Waals surface area contributed by atoms with E-state index in [2.05, 4.69) is 21.2 Å². The molecule has 116 valence electrons. The Hall–Kier alpha value is -2.47. The first-order valence-electron chi connectivity index (χ1n) is 7.09. The maximum atomic E-state index is 12.3. The van der Waals surface area contributed by atoms with E-state index in [9.17, 15) is 4.79 Å². The summed E-state index contributed by atoms with van der Waals surface area (Å²) >= 11 is 3.38. The first-order chi connectivity index (χ1) is 11.2. The van der Waals surface area contributed by atoms with Crippen LogP contribution in [0.2, 0.25) is 0 Å². The van der Waals surface area contributed by atoms with Gasteiger partial charge in [0, 0.05) is 21.6 Å². The fraction of sp³-hybridized carbons (Fsp3) is 0.118. The molecule has 1 aliphatic rings. The van der Waals surface area contributed by atoms with E-state index in [0.29, 0.717) is 36.0 Å². The lowest BCUT2D eigenvalue weighted by Crippen LogP contribution is -2.16. The van der Waals surface area contributed by atoms with Crippen LogP contribution in [0.4, 0.5) is 5.69 Å². The molecule has 1 amide bonds. The maximum absolute atomic E-state index is 12.3. The number of hydrogen-bond donors (Lipinski definition) is 1. The Morgan fingerprint density at radius 1 is 1.00 bits per heavy atom. The highest BCUT2D eigenvalue weighted by atomic mass is 79.9. The number of amides is 1. The second kappa shape index (κ2) is 5.62. The number of carbonyl (C=O) groups is 1. The molecule has 0 aliphatic carbocycles. The molecule has 0 spiro atoms. The van der Waals surface area contributed by atoms with Crippen molar-refractivity contribution >= 4 is 38.5 Å². The molecule has 1 aliphatic heterocycles. The molecule has 2 aromatic carbocycles. The minimum Gasteiger partial charge on any atom is -0.486 e. The van der Waals surface area contributed by atoms with Crippen LogP contribution in [0.3, 0.4) is 0 Å². The van der Waals surface area contributed by atoms with Crippen molar-refractivity contribution in [3.8, 4) is 11.5 Å². The summed E-state index contributed by atoms with van der Waals surface area (Å²) in [4.78, 5) is 12.3. The zero-order chi connectivity index (χ0) is 15.8. The van der Waals surface area contributed by atoms with Crippen molar-refractivity contribution in [2.75, 3.05) is 18.5 Å². The topological polar surface area (TPSA) is 60.7 Å². The van der Waals surface area contributed by atoms with Crippen LogP contribution < -0.4 is 14.8 Å². The van der Waals surface area contributed by atoms with Crippen molar-refractivity contribution in [1.29, 1.82) is 0 Å². The van der Waals surface area contributed by atoms with Crippen LogP contribution in [-0.2, 0) is 0 Å². The molecule has 0 saturated carbocycles. The van der Waals surface area contributed by atoms with E-state index in [1.807, 2.05) is 18.2 Å². The molecule has 0 radical (unpaired) electrons. The highest BCUT2D eigenvalue weighted by Gasteiger charge is 2.16. The van der Waals surface area contributed by atoms with Gasteiger partial charge in [0.15, 0.2) is 17.3 Å². The average molecular weight is 374 g/mol. The third-order valence-corrected chi connectivity index (χ3v) is 4.00. The Morgan fingerprint density at radius 3 is 2.70 bits per heavy atom. The number of fused-ring (bicyclic) bond motifs is 2. The lowest BCUT2D eigenvalue weighted by atomic mass is 10.2. The van der Waals surface area contributed by atoms with Crippen LogP contribution >= 0.6 is 15.9 Å². The minimum atomic E-state index is -0.311. The van der Waals surface area contributed by atoms with Gasteiger partial charge < -0.3 is 19.2 Å². The van der Waals surface area contributed by atoms with Crippen LogP contribution in [0.15, 0.2) is 51.4 Å². The minimum absolute atomic E-state index is 0.257. The lowest BCUT2D eigenvalue weighted by Gasteiger charge is -2.18. The van der Waals surface area contributed by atoms with Crippen molar-refractivity contribution < 1.29 is 18.7 Å². The summed E-state index contributed by atoms with van der Waals surface area (Å²) in [6.07, 6.45) is 0. The normalized spacial score (nSPS) is 13.1. The van der Waals surface area contributed by atoms with Gasteiger partial charge in [0.25, 0.3) is 5.91 Å². The van der Waals surface area contributed by atoms with E-state index >= 15 is 0 Å². The van der Waals surface area contributed by atoms with Crippen LogP contribution in [0.1, 0.15) is 10.6 Å². The van der Waals surface area contributed by atoms with Crippen LogP contribution in [0.5, 0.6) is 11.5 Å². The quantitative estimate of drug-likeness (QED) is 0.730. The number of benzene rings is 2. The smallest absolute Gasteiger partial charge is 0.291 e. The SMILES string of the molecule is O=C(Nc1ccc2c(c1)OCCO2)c1cc2ccc(Br)cc2o1. The number of nitrogens with one attached hydrogen (secondary N) is 1. The molecule has 6 heteroatoms. The third kappa shape index (κ3) is 2.77. The summed E-state index contributed by atoms with van der Waals surface area (Å²) in [5, 5.41) is 3.68. The van der Waals surface area contributed by atoms with Crippen molar-refractivity contribution in [2.24, 2.45) is 0 Å². The molecule has 0 bridgehead atoms. The lowest BCUT2D eigenvalue weighted by molar-refractivity contribution is 0.0998. The van der Waals surface area contributed by atoms with Gasteiger partial charge in [-0.3, -0.25) is 4.79 Å². The maximum Gasteiger partial charge on any atom is 0.291 e. The standard InChI is InChI=1S/C17H12BrNO4/c18-11-2-1-10-7-16(23-14(10)8-11)17(20)19-12-3-4-13-15(9-12)22-6-5-21-13/h1-4,7-9H,5-6H2,(H,19,20). The van der Waals surface area contributed by atoms with E-state index in [1.54, 1.807) is 24.3 Å². The molecule has 23 heavy (non-hydrogen) atoms. The number of carbonyl (C=O) groups excluding carboxylic acids is 1. The molecule has 4 rings (SSSR count). The van der Waals surface area contributed by atoms with Gasteiger partial charge >= 0.3 is 0 Å². The molecule has 1 N–H and O–H groups in total. The molecule has 0 unspecified atom stereocenters. The summed E-state index contributed by atoms with van der Waals surface area (Å²) < 4.78 is 17.5. The van der Waals surface area contributed by atoms with Gasteiger partial charge in [0.1, 0.15) is 18.8 Å². The highest BCUT2D eigenvalue weighted by Crippen LogP contribution is 2.33. The van der Waals surface area contributed by atoms with E-state index in [4.69, 9.17) is 13.9 Å². The van der Waals surface area contributed by atoms with Crippen molar-refractivity contribution in [1.82, 2.24) is 0 Å². The number of halogens is 1. The number of anilines is 1. The van der Waals surface area contributed by atoms with Crippen LogP contribution in [-0.4, -0.2) is 19.1 Å². The Kier molecular flexibility index (Phi) is 3.46. The zero-order valence-corrected chi connectivity index (χ0v) is 13.6. The molecular formula is C17H12BrNO4. The number of furan rings is 1. The Balaban J connectivity index is 1.59. The molecule has 1 aromatic heterocycles. The summed E-state index contributed by atoms with van der Waals surface area (Å²) in [7, 11) is 0. The molecule has 2 heterocycles. The molecule has 0 saturated heterocycles. The predicted octanol–water partition coefficient (Wildman–Crippen LogP) is 4.22. The second-order valence-electron chi connectivity index (χ2n) is 5.11. The van der Waals surface area contributed by atoms with Gasteiger partial charge in [-0.25, -0.2) is 0 Å². The number of rotatable bonds is 2. The monoisotopic (exact) mass is 373 g/mol. The van der Waals surface area contributed by atoms with Crippen molar-refractivity contribution in [3.05, 3.63) is 52.7 Å². The molecule has 0 fully saturated rings. The summed E-state index contributed by atoms with van der Waals surface area (Å²) in [5.41, 5.74) is 1.28. The van der Waals surface area contributed by atoms with Gasteiger partial charge in [-0.15, -0.1) is 0 Å². The second-order valence-corrected chi connectivity index (χ2v) is 6.02. The summed E-state index contributed by atoms with van der Waals surface area (Å²) in [6.45, 7) is 1.04. The Bertz CT molecular complexity index is 903. The van der Waals surface area contributed by atoms with Gasteiger partial charge in [-0.2, -0.15) is 0 Å². The van der Waals surface area contributed by atoms with Crippen molar-refractivity contribution in [2.45, 2.75) is 0 Å². The molecule has 3 aromatic rings.